The second-order valence-electron chi connectivity index (χ2n) is 2.82. The molecule has 0 aliphatic heterocycles. The molecule has 0 amide bonds. The molecule has 0 unspecified atom stereocenters. The van der Waals surface area contributed by atoms with Gasteiger partial charge in [0, 0.05) is 14.2 Å². The predicted molar refractivity (Wildman–Crippen MR) is 84.4 cm³/mol. The molecule has 4 N–H and O–H groups in total. The maximum Gasteiger partial charge on any atom is 0.106 e. The second kappa shape index (κ2) is 14.7. The topological polar surface area (TPSA) is 69.1 Å². The van der Waals surface area contributed by atoms with Crippen molar-refractivity contribution in [3.05, 3.63) is 60.7 Å². The molecule has 18 heavy (non-hydrogen) atoms. The van der Waals surface area contributed by atoms with Crippen LogP contribution in [0.1, 0.15) is 16.7 Å². The van der Waals surface area contributed by atoms with Crippen LogP contribution in [-0.2, 0) is 4.79 Å². The van der Waals surface area contributed by atoms with E-state index in [1.54, 1.807) is 0 Å². The van der Waals surface area contributed by atoms with Crippen LogP contribution in [0.2, 0.25) is 0 Å². The first-order chi connectivity index (χ1) is 8.79. The molecule has 2 aromatic carbocycles. The lowest BCUT2D eigenvalue weighted by atomic mass is 10.3. The molecule has 102 valence electrons. The number of anilines is 2. The van der Waals surface area contributed by atoms with Gasteiger partial charge < -0.3 is 16.3 Å². The van der Waals surface area contributed by atoms with E-state index in [1.807, 2.05) is 81.3 Å². The van der Waals surface area contributed by atoms with Crippen LogP contribution in [0, 0.1) is 0 Å². The molecule has 0 heterocycles. The van der Waals surface area contributed by atoms with Crippen LogP contribution in [-0.4, -0.2) is 6.79 Å². The van der Waals surface area contributed by atoms with E-state index in [0.29, 0.717) is 0 Å². The number of rotatable bonds is 0. The molecule has 0 aliphatic carbocycles. The Morgan fingerprint density at radius 1 is 0.722 bits per heavy atom. The zero-order chi connectivity index (χ0) is 14.2. The van der Waals surface area contributed by atoms with Crippen molar-refractivity contribution in [3.63, 3.8) is 0 Å². The zero-order valence-electron chi connectivity index (χ0n) is 11.0. The summed E-state index contributed by atoms with van der Waals surface area (Å²) in [7, 11) is 0. The minimum Gasteiger partial charge on any atom is -0.399 e. The number of para-hydroxylation sites is 2. The molecule has 2 aromatic rings. The molecule has 0 aliphatic rings. The number of nitrogens with two attached hydrogens (primary N) is 2. The van der Waals surface area contributed by atoms with Gasteiger partial charge in [-0.2, -0.15) is 0 Å². The van der Waals surface area contributed by atoms with E-state index in [2.05, 4.69) is 0 Å². The monoisotopic (exact) mass is 250 g/mol. The van der Waals surface area contributed by atoms with E-state index in [1.165, 1.54) is 0 Å². The summed E-state index contributed by atoms with van der Waals surface area (Å²) in [5.74, 6) is 0. The van der Waals surface area contributed by atoms with Crippen molar-refractivity contribution in [1.82, 2.24) is 0 Å². The average molecular weight is 250 g/mol. The third-order valence-electron chi connectivity index (χ3n) is 1.60. The first-order valence-corrected chi connectivity index (χ1v) is 5.69. The molecule has 0 atom stereocenters. The van der Waals surface area contributed by atoms with Gasteiger partial charge in [0.05, 0.1) is 0 Å². The Labute approximate surface area is 112 Å². The average Bonchev–Trinajstić information content (AvgIpc) is 2.46. The van der Waals surface area contributed by atoms with Gasteiger partial charge in [0.15, 0.2) is 0 Å². The van der Waals surface area contributed by atoms with Crippen molar-refractivity contribution in [2.75, 3.05) is 11.5 Å². The normalized spacial score (nSPS) is 7.22. The van der Waals surface area contributed by atoms with Gasteiger partial charge in [-0.1, -0.05) is 50.2 Å². The Kier molecular flexibility index (Phi) is 14.8. The van der Waals surface area contributed by atoms with Crippen LogP contribution in [0.25, 0.3) is 0 Å². The summed E-state index contributed by atoms with van der Waals surface area (Å²) >= 11 is 0. The van der Waals surface area contributed by atoms with Crippen molar-refractivity contribution in [2.24, 2.45) is 0 Å². The van der Waals surface area contributed by atoms with Crippen LogP contribution in [0.3, 0.4) is 0 Å². The SMILES string of the molecule is C=O.CC.Nc1ccccc1.Nc1ccccc1.[HH].[HH]. The fourth-order valence-corrected chi connectivity index (χ4v) is 0.906. The van der Waals surface area contributed by atoms with Gasteiger partial charge >= 0.3 is 0 Å². The van der Waals surface area contributed by atoms with Gasteiger partial charge in [-0.05, 0) is 24.3 Å². The highest BCUT2D eigenvalue weighted by atomic mass is 16.1. The third kappa shape index (κ3) is 11.8. The first-order valence-electron chi connectivity index (χ1n) is 5.69. The summed E-state index contributed by atoms with van der Waals surface area (Å²) in [6, 6.07) is 19.0. The molecule has 0 radical (unpaired) electrons. The van der Waals surface area contributed by atoms with Gasteiger partial charge in [0.1, 0.15) is 6.79 Å². The smallest absolute Gasteiger partial charge is 0.106 e. The Bertz CT molecular complexity index is 335. The maximum atomic E-state index is 8.00. The van der Waals surface area contributed by atoms with Crippen LogP contribution in [0.15, 0.2) is 60.7 Å². The highest BCUT2D eigenvalue weighted by Crippen LogP contribution is 1.96. The van der Waals surface area contributed by atoms with Crippen LogP contribution >= 0.6 is 0 Å². The fraction of sp³-hybridized carbons (Fsp3) is 0.133. The summed E-state index contributed by atoms with van der Waals surface area (Å²) in [4.78, 5) is 8.00. The number of hydrogen-bond donors (Lipinski definition) is 2. The van der Waals surface area contributed by atoms with Gasteiger partial charge in [0.25, 0.3) is 0 Å². The van der Waals surface area contributed by atoms with Crippen LogP contribution in [0.4, 0.5) is 11.4 Å². The largest absolute Gasteiger partial charge is 0.399 e. The molecular formula is C15H26N2O. The molecular weight excluding hydrogens is 224 g/mol. The van der Waals surface area contributed by atoms with E-state index >= 15 is 0 Å². The van der Waals surface area contributed by atoms with Gasteiger partial charge in [-0.25, -0.2) is 0 Å². The second-order valence-corrected chi connectivity index (χ2v) is 2.82. The van der Waals surface area contributed by atoms with Crippen LogP contribution in [0.5, 0.6) is 0 Å². The molecule has 0 saturated carbocycles. The maximum absolute atomic E-state index is 8.00. The zero-order valence-corrected chi connectivity index (χ0v) is 11.0. The van der Waals surface area contributed by atoms with E-state index in [9.17, 15) is 0 Å². The Morgan fingerprint density at radius 2 is 0.944 bits per heavy atom. The van der Waals surface area contributed by atoms with Crippen molar-refractivity contribution >= 4 is 18.2 Å². The molecule has 0 fully saturated rings. The minimum atomic E-state index is 0. The number of benzene rings is 2. The van der Waals surface area contributed by atoms with Crippen molar-refractivity contribution in [3.8, 4) is 0 Å². The van der Waals surface area contributed by atoms with Crippen molar-refractivity contribution in [1.29, 1.82) is 0 Å². The molecule has 0 aromatic heterocycles. The number of nitrogen functional groups attached to an aromatic ring is 2. The summed E-state index contributed by atoms with van der Waals surface area (Å²) < 4.78 is 0. The lowest BCUT2D eigenvalue weighted by Crippen LogP contribution is -1.79. The number of carbonyl (C=O) groups is 1. The highest BCUT2D eigenvalue weighted by molar-refractivity contribution is 5.36. The molecule has 3 heteroatoms. The Morgan fingerprint density at radius 3 is 1.06 bits per heavy atom. The fourth-order valence-electron chi connectivity index (χ4n) is 0.906. The van der Waals surface area contributed by atoms with Crippen molar-refractivity contribution < 1.29 is 7.65 Å². The number of carbonyl (C=O) groups excluding carboxylic acids is 1. The van der Waals surface area contributed by atoms with Crippen LogP contribution < -0.4 is 11.5 Å². The summed E-state index contributed by atoms with van der Waals surface area (Å²) in [5.41, 5.74) is 12.4. The standard InChI is InChI=1S/2C6H7N.C2H6.CH2O.2H2/c2*7-6-4-2-1-3-5-6;2*1-2;;/h2*1-5H,7H2;1-2H3;1H2;2*1H. The van der Waals surface area contributed by atoms with Gasteiger partial charge in [-0.15, -0.1) is 0 Å². The van der Waals surface area contributed by atoms with Gasteiger partial charge in [0.2, 0.25) is 0 Å². The van der Waals surface area contributed by atoms with Crippen molar-refractivity contribution in [2.45, 2.75) is 13.8 Å². The number of hydrogen-bond acceptors (Lipinski definition) is 3. The van der Waals surface area contributed by atoms with Gasteiger partial charge in [-0.3, -0.25) is 0 Å². The molecule has 3 nitrogen and oxygen atoms in total. The van der Waals surface area contributed by atoms with E-state index in [0.717, 1.165) is 11.4 Å². The minimum absolute atomic E-state index is 0. The first kappa shape index (κ1) is 18.1. The molecule has 0 spiro atoms. The highest BCUT2D eigenvalue weighted by Gasteiger charge is 1.72. The lowest BCUT2D eigenvalue weighted by Gasteiger charge is -1.83. The predicted octanol–water partition coefficient (Wildman–Crippen LogP) is 3.87. The Hall–Kier alpha value is -2.29. The van der Waals surface area contributed by atoms with E-state index in [4.69, 9.17) is 16.3 Å². The van der Waals surface area contributed by atoms with E-state index < -0.39 is 0 Å². The van der Waals surface area contributed by atoms with E-state index in [-0.39, 0.29) is 2.85 Å². The Balaban J connectivity index is -0.0000000950. The summed E-state index contributed by atoms with van der Waals surface area (Å²) in [6.07, 6.45) is 0. The third-order valence-corrected chi connectivity index (χ3v) is 1.60. The molecule has 0 bridgehead atoms. The summed E-state index contributed by atoms with van der Waals surface area (Å²) in [6.45, 7) is 6.00. The summed E-state index contributed by atoms with van der Waals surface area (Å²) in [5, 5.41) is 0. The quantitative estimate of drug-likeness (QED) is 0.697. The molecule has 0 saturated heterocycles. The molecule has 2 rings (SSSR count). The lowest BCUT2D eigenvalue weighted by molar-refractivity contribution is -0.0979.